The number of rotatable bonds is 8. The number of aryl methyl sites for hydroxylation is 2. The molecule has 3 heterocycles. The lowest BCUT2D eigenvalue weighted by Crippen LogP contribution is -2.22. The monoisotopic (exact) mass is 446 g/mol. The van der Waals surface area contributed by atoms with Gasteiger partial charge in [-0.1, -0.05) is 20.8 Å². The van der Waals surface area contributed by atoms with Gasteiger partial charge in [0.25, 0.3) is 0 Å². The summed E-state index contributed by atoms with van der Waals surface area (Å²) in [6.45, 7) is 18.0. The third kappa shape index (κ3) is 5.11. The van der Waals surface area contributed by atoms with Crippen molar-refractivity contribution in [3.05, 3.63) is 44.2 Å². The minimum absolute atomic E-state index is 0.0117. The molecule has 1 atom stereocenters. The number of ether oxygens (including phenoxy) is 1. The Morgan fingerprint density at radius 2 is 1.77 bits per heavy atom. The Morgan fingerprint density at radius 1 is 1.07 bits per heavy atom. The fourth-order valence-electron chi connectivity index (χ4n) is 3.90. The molecule has 5 nitrogen and oxygen atoms in total. The maximum absolute atomic E-state index is 6.02. The van der Waals surface area contributed by atoms with Crippen LogP contribution in [-0.4, -0.2) is 19.5 Å². The summed E-state index contributed by atoms with van der Waals surface area (Å²) in [5.41, 5.74) is 6.20. The second-order valence-corrected chi connectivity index (χ2v) is 11.5. The highest BCUT2D eigenvalue weighted by molar-refractivity contribution is 7.10. The highest BCUT2D eigenvalue weighted by Gasteiger charge is 2.26. The fourth-order valence-corrected chi connectivity index (χ4v) is 5.75. The molecule has 30 heavy (non-hydrogen) atoms. The van der Waals surface area contributed by atoms with E-state index in [0.29, 0.717) is 18.4 Å². The number of nitrogens with zero attached hydrogens (tertiary/aromatic N) is 4. The van der Waals surface area contributed by atoms with Gasteiger partial charge < -0.3 is 9.30 Å². The first-order chi connectivity index (χ1) is 14.0. The van der Waals surface area contributed by atoms with Gasteiger partial charge in [0.2, 0.25) is 5.88 Å². The van der Waals surface area contributed by atoms with Gasteiger partial charge in [-0.2, -0.15) is 4.98 Å². The van der Waals surface area contributed by atoms with Crippen molar-refractivity contribution in [1.82, 2.24) is 19.5 Å². The molecule has 0 radical (unpaired) electrons. The highest BCUT2D eigenvalue weighted by atomic mass is 32.1. The van der Waals surface area contributed by atoms with Crippen molar-refractivity contribution < 1.29 is 4.74 Å². The summed E-state index contributed by atoms with van der Waals surface area (Å²) in [5, 5.41) is 0. The number of hydrogen-bond acceptors (Lipinski definition) is 6. The molecule has 0 aromatic carbocycles. The van der Waals surface area contributed by atoms with Crippen LogP contribution in [0.1, 0.15) is 87.3 Å². The van der Waals surface area contributed by atoms with E-state index in [0.717, 1.165) is 30.1 Å². The Bertz CT molecular complexity index is 978. The summed E-state index contributed by atoms with van der Waals surface area (Å²) >= 11 is 3.50. The van der Waals surface area contributed by atoms with E-state index < -0.39 is 0 Å². The zero-order valence-corrected chi connectivity index (χ0v) is 21.1. The van der Waals surface area contributed by atoms with E-state index in [-0.39, 0.29) is 11.0 Å². The van der Waals surface area contributed by atoms with E-state index >= 15 is 0 Å². The van der Waals surface area contributed by atoms with Crippen molar-refractivity contribution in [2.75, 3.05) is 0 Å². The summed E-state index contributed by atoms with van der Waals surface area (Å²) in [7, 11) is 0. The van der Waals surface area contributed by atoms with Gasteiger partial charge in [0, 0.05) is 20.7 Å². The van der Waals surface area contributed by atoms with Gasteiger partial charge in [0.1, 0.15) is 12.4 Å². The molecule has 0 amide bonds. The first kappa shape index (κ1) is 22.9. The van der Waals surface area contributed by atoms with Crippen molar-refractivity contribution in [2.45, 2.75) is 91.7 Å². The maximum atomic E-state index is 6.02. The molecule has 0 aliphatic carbocycles. The summed E-state index contributed by atoms with van der Waals surface area (Å²) in [6, 6.07) is 0. The average Bonchev–Trinajstić information content (AvgIpc) is 3.37. The minimum atomic E-state index is -0.0117. The van der Waals surface area contributed by atoms with Gasteiger partial charge in [-0.15, -0.1) is 22.7 Å². The fraction of sp³-hybridized carbons (Fsp3) is 0.609. The third-order valence-corrected chi connectivity index (χ3v) is 8.02. The van der Waals surface area contributed by atoms with Gasteiger partial charge in [-0.25, -0.2) is 9.97 Å². The van der Waals surface area contributed by atoms with Crippen molar-refractivity contribution >= 4 is 22.7 Å². The number of thiazole rings is 2. The van der Waals surface area contributed by atoms with E-state index in [1.807, 2.05) is 24.1 Å². The van der Waals surface area contributed by atoms with Gasteiger partial charge >= 0.3 is 0 Å². The van der Waals surface area contributed by atoms with Crippen LogP contribution in [0.25, 0.3) is 0 Å². The highest BCUT2D eigenvalue weighted by Crippen LogP contribution is 2.37. The lowest BCUT2D eigenvalue weighted by Gasteiger charge is -2.25. The Kier molecular flexibility index (Phi) is 6.72. The Labute approximate surface area is 188 Å². The first-order valence-corrected chi connectivity index (χ1v) is 12.3. The number of imidazole rings is 1. The molecule has 0 N–H and O–H groups in total. The topological polar surface area (TPSA) is 52.8 Å². The molecule has 7 heteroatoms. The van der Waals surface area contributed by atoms with Crippen LogP contribution in [0.4, 0.5) is 0 Å². The molecule has 0 saturated carbocycles. The zero-order valence-electron chi connectivity index (χ0n) is 19.4. The van der Waals surface area contributed by atoms with Gasteiger partial charge in [-0.3, -0.25) is 0 Å². The summed E-state index contributed by atoms with van der Waals surface area (Å²) in [6.07, 6.45) is 4.21. The third-order valence-electron chi connectivity index (χ3n) is 5.62. The lowest BCUT2D eigenvalue weighted by molar-refractivity contribution is 0.287. The minimum Gasteiger partial charge on any atom is -0.470 e. The van der Waals surface area contributed by atoms with Gasteiger partial charge in [0.15, 0.2) is 0 Å². The van der Waals surface area contributed by atoms with Crippen LogP contribution < -0.4 is 4.74 Å². The van der Waals surface area contributed by atoms with E-state index in [2.05, 4.69) is 68.0 Å². The smallest absolute Gasteiger partial charge is 0.232 e. The second-order valence-electron chi connectivity index (χ2n) is 9.71. The summed E-state index contributed by atoms with van der Waals surface area (Å²) in [5.74, 6) is 2.07. The molecule has 3 aromatic heterocycles. The standard InChI is InChI=1S/C23H34N4OS2/c1-15(9-10-23(7,8)21-16(2)24-13-30-21)20-18(25-14-29-20)12-28-19-11-27(17(3)26-19)22(4,5)6/h11,13-15H,9-10,12H2,1-8H3. The van der Waals surface area contributed by atoms with Crippen LogP contribution >= 0.6 is 22.7 Å². The van der Waals surface area contributed by atoms with Crippen molar-refractivity contribution in [1.29, 1.82) is 0 Å². The SMILES string of the molecule is Cc1ncsc1C(C)(C)CCC(C)c1scnc1COc1cn(C(C)(C)C)c(C)n1. The van der Waals surface area contributed by atoms with Crippen molar-refractivity contribution in [3.63, 3.8) is 0 Å². The van der Waals surface area contributed by atoms with Crippen LogP contribution in [0.2, 0.25) is 0 Å². The number of hydrogen-bond donors (Lipinski definition) is 0. The molecule has 164 valence electrons. The maximum Gasteiger partial charge on any atom is 0.232 e. The van der Waals surface area contributed by atoms with E-state index in [1.54, 1.807) is 22.7 Å². The molecule has 0 saturated heterocycles. The van der Waals surface area contributed by atoms with Crippen LogP contribution in [0.3, 0.4) is 0 Å². The molecule has 0 aliphatic rings. The predicted molar refractivity (Wildman–Crippen MR) is 126 cm³/mol. The second kappa shape index (κ2) is 8.79. The summed E-state index contributed by atoms with van der Waals surface area (Å²) in [4.78, 5) is 16.3. The number of aromatic nitrogens is 4. The molecule has 0 aliphatic heterocycles. The van der Waals surface area contributed by atoms with Crippen LogP contribution in [0.15, 0.2) is 17.2 Å². The zero-order chi connectivity index (χ0) is 22.1. The Hall–Kier alpha value is -1.73. The van der Waals surface area contributed by atoms with Crippen LogP contribution in [-0.2, 0) is 17.6 Å². The first-order valence-electron chi connectivity index (χ1n) is 10.5. The molecular formula is C23H34N4OS2. The largest absolute Gasteiger partial charge is 0.470 e. The normalized spacial score (nSPS) is 13.6. The lowest BCUT2D eigenvalue weighted by atomic mass is 9.82. The van der Waals surface area contributed by atoms with Gasteiger partial charge in [-0.05, 0) is 53.4 Å². The molecule has 3 aromatic rings. The molecule has 0 bridgehead atoms. The van der Waals surface area contributed by atoms with Crippen molar-refractivity contribution in [3.8, 4) is 5.88 Å². The predicted octanol–water partition coefficient (Wildman–Crippen LogP) is 6.61. The quantitative estimate of drug-likeness (QED) is 0.391. The molecule has 0 fully saturated rings. The molecule has 3 rings (SSSR count). The molecule has 1 unspecified atom stereocenters. The Balaban J connectivity index is 1.63. The Morgan fingerprint density at radius 3 is 2.37 bits per heavy atom. The summed E-state index contributed by atoms with van der Waals surface area (Å²) < 4.78 is 8.17. The van der Waals surface area contributed by atoms with E-state index in [4.69, 9.17) is 4.74 Å². The van der Waals surface area contributed by atoms with Crippen LogP contribution in [0.5, 0.6) is 5.88 Å². The van der Waals surface area contributed by atoms with Crippen LogP contribution in [0, 0.1) is 13.8 Å². The van der Waals surface area contributed by atoms with E-state index in [1.165, 1.54) is 9.75 Å². The van der Waals surface area contributed by atoms with E-state index in [9.17, 15) is 0 Å². The van der Waals surface area contributed by atoms with Gasteiger partial charge in [0.05, 0.1) is 28.6 Å². The molecular weight excluding hydrogens is 412 g/mol. The van der Waals surface area contributed by atoms with Crippen molar-refractivity contribution in [2.24, 2.45) is 0 Å². The molecule has 0 spiro atoms. The average molecular weight is 447 g/mol.